The minimum Gasteiger partial charge on any atom is -0.497 e. The molecule has 0 aliphatic carbocycles. The molecule has 0 spiro atoms. The van der Waals surface area contributed by atoms with E-state index in [1.165, 1.54) is 0 Å². The Morgan fingerprint density at radius 3 is 2.56 bits per heavy atom. The predicted octanol–water partition coefficient (Wildman–Crippen LogP) is 3.79. The molecule has 0 aromatic heterocycles. The molecule has 0 saturated carbocycles. The van der Waals surface area contributed by atoms with Crippen LogP contribution in [0.5, 0.6) is 17.2 Å². The van der Waals surface area contributed by atoms with Crippen LogP contribution < -0.4 is 15.2 Å². The standard InChI is InChI=1S/C14H15NO2S/c1-16-10-7-8-11(15)13(9-10)17-12-5-3-4-6-14(12)18-2/h3-9H,15H2,1-2H3. The van der Waals surface area contributed by atoms with E-state index in [1.54, 1.807) is 31.0 Å². The van der Waals surface area contributed by atoms with Gasteiger partial charge in [-0.15, -0.1) is 11.8 Å². The normalized spacial score (nSPS) is 10.1. The van der Waals surface area contributed by atoms with Crippen LogP contribution in [0.2, 0.25) is 0 Å². The van der Waals surface area contributed by atoms with E-state index in [1.807, 2.05) is 36.6 Å². The highest BCUT2D eigenvalue weighted by molar-refractivity contribution is 7.98. The lowest BCUT2D eigenvalue weighted by Gasteiger charge is -2.12. The SMILES string of the molecule is COc1ccc(N)c(Oc2ccccc2SC)c1. The van der Waals surface area contributed by atoms with Crippen molar-refractivity contribution in [1.82, 2.24) is 0 Å². The van der Waals surface area contributed by atoms with Crippen molar-refractivity contribution in [2.45, 2.75) is 4.90 Å². The van der Waals surface area contributed by atoms with E-state index in [2.05, 4.69) is 0 Å². The third-order valence-electron chi connectivity index (χ3n) is 2.51. The summed E-state index contributed by atoms with van der Waals surface area (Å²) >= 11 is 1.63. The zero-order valence-electron chi connectivity index (χ0n) is 10.3. The van der Waals surface area contributed by atoms with Gasteiger partial charge in [-0.3, -0.25) is 0 Å². The number of nitrogens with two attached hydrogens (primary N) is 1. The maximum Gasteiger partial charge on any atom is 0.154 e. The number of para-hydroxylation sites is 1. The van der Waals surface area contributed by atoms with Crippen LogP contribution >= 0.6 is 11.8 Å². The van der Waals surface area contributed by atoms with Crippen molar-refractivity contribution in [3.63, 3.8) is 0 Å². The van der Waals surface area contributed by atoms with Gasteiger partial charge in [0.1, 0.15) is 11.5 Å². The minimum atomic E-state index is 0.590. The second kappa shape index (κ2) is 5.69. The van der Waals surface area contributed by atoms with Gasteiger partial charge in [0.05, 0.1) is 12.8 Å². The molecule has 4 heteroatoms. The van der Waals surface area contributed by atoms with Crippen LogP contribution in [-0.4, -0.2) is 13.4 Å². The highest BCUT2D eigenvalue weighted by atomic mass is 32.2. The van der Waals surface area contributed by atoms with Crippen LogP contribution in [0.3, 0.4) is 0 Å². The summed E-state index contributed by atoms with van der Waals surface area (Å²) in [4.78, 5) is 1.07. The molecule has 3 nitrogen and oxygen atoms in total. The molecule has 0 aliphatic rings. The van der Waals surface area contributed by atoms with E-state index in [4.69, 9.17) is 15.2 Å². The maximum absolute atomic E-state index is 5.90. The molecule has 0 aliphatic heterocycles. The number of ether oxygens (including phenoxy) is 2. The molecule has 0 fully saturated rings. The molecule has 0 bridgehead atoms. The van der Waals surface area contributed by atoms with Gasteiger partial charge in [-0.05, 0) is 30.5 Å². The fraction of sp³-hybridized carbons (Fsp3) is 0.143. The Bertz CT molecular complexity index is 543. The molecule has 2 rings (SSSR count). The van der Waals surface area contributed by atoms with E-state index in [-0.39, 0.29) is 0 Å². The Morgan fingerprint density at radius 1 is 1.06 bits per heavy atom. The second-order valence-corrected chi connectivity index (χ2v) is 4.50. The summed E-state index contributed by atoms with van der Waals surface area (Å²) < 4.78 is 11.0. The first-order chi connectivity index (χ1) is 8.74. The van der Waals surface area contributed by atoms with Crippen molar-refractivity contribution >= 4 is 17.4 Å². The van der Waals surface area contributed by atoms with Crippen LogP contribution in [-0.2, 0) is 0 Å². The van der Waals surface area contributed by atoms with Crippen molar-refractivity contribution < 1.29 is 9.47 Å². The van der Waals surface area contributed by atoms with Crippen molar-refractivity contribution in [2.24, 2.45) is 0 Å². The fourth-order valence-corrected chi connectivity index (χ4v) is 2.08. The molecule has 0 saturated heterocycles. The van der Waals surface area contributed by atoms with Gasteiger partial charge in [0.2, 0.25) is 0 Å². The molecule has 0 radical (unpaired) electrons. The molecule has 2 aromatic rings. The van der Waals surface area contributed by atoms with Gasteiger partial charge in [-0.1, -0.05) is 12.1 Å². The second-order valence-electron chi connectivity index (χ2n) is 3.66. The average Bonchev–Trinajstić information content (AvgIpc) is 2.42. The molecule has 2 N–H and O–H groups in total. The van der Waals surface area contributed by atoms with E-state index in [0.29, 0.717) is 11.4 Å². The van der Waals surface area contributed by atoms with Crippen LogP contribution in [0.15, 0.2) is 47.4 Å². The Morgan fingerprint density at radius 2 is 1.83 bits per heavy atom. The first-order valence-corrected chi connectivity index (χ1v) is 6.71. The van der Waals surface area contributed by atoms with Crippen molar-refractivity contribution in [3.8, 4) is 17.2 Å². The maximum atomic E-state index is 5.90. The van der Waals surface area contributed by atoms with Crippen LogP contribution in [0.25, 0.3) is 0 Å². The predicted molar refractivity (Wildman–Crippen MR) is 75.7 cm³/mol. The number of anilines is 1. The van der Waals surface area contributed by atoms with Crippen LogP contribution in [0.1, 0.15) is 0 Å². The Labute approximate surface area is 111 Å². The summed E-state index contributed by atoms with van der Waals surface area (Å²) in [5.41, 5.74) is 6.49. The first-order valence-electron chi connectivity index (χ1n) is 5.49. The fourth-order valence-electron chi connectivity index (χ4n) is 1.55. The quantitative estimate of drug-likeness (QED) is 0.671. The molecule has 0 atom stereocenters. The van der Waals surface area contributed by atoms with Crippen molar-refractivity contribution in [3.05, 3.63) is 42.5 Å². The molecule has 18 heavy (non-hydrogen) atoms. The number of hydrogen-bond donors (Lipinski definition) is 1. The topological polar surface area (TPSA) is 44.5 Å². The lowest BCUT2D eigenvalue weighted by atomic mass is 10.2. The summed E-state index contributed by atoms with van der Waals surface area (Å²) in [7, 11) is 1.62. The number of methoxy groups -OCH3 is 1. The Hall–Kier alpha value is -1.81. The smallest absolute Gasteiger partial charge is 0.154 e. The van der Waals surface area contributed by atoms with Gasteiger partial charge in [-0.25, -0.2) is 0 Å². The molecule has 0 unspecified atom stereocenters. The number of rotatable bonds is 4. The first kappa shape index (κ1) is 12.6. The van der Waals surface area contributed by atoms with Gasteiger partial charge in [-0.2, -0.15) is 0 Å². The number of benzene rings is 2. The van der Waals surface area contributed by atoms with E-state index in [9.17, 15) is 0 Å². The van der Waals surface area contributed by atoms with Crippen LogP contribution in [0.4, 0.5) is 5.69 Å². The largest absolute Gasteiger partial charge is 0.497 e. The van der Waals surface area contributed by atoms with E-state index >= 15 is 0 Å². The number of thioether (sulfide) groups is 1. The van der Waals surface area contributed by atoms with Crippen molar-refractivity contribution in [1.29, 1.82) is 0 Å². The highest BCUT2D eigenvalue weighted by Gasteiger charge is 2.07. The molecule has 0 amide bonds. The van der Waals surface area contributed by atoms with Gasteiger partial charge in [0.15, 0.2) is 5.75 Å². The monoisotopic (exact) mass is 261 g/mol. The zero-order valence-corrected chi connectivity index (χ0v) is 11.2. The highest BCUT2D eigenvalue weighted by Crippen LogP contribution is 2.35. The average molecular weight is 261 g/mol. The summed E-state index contributed by atoms with van der Waals surface area (Å²) in [5, 5.41) is 0. The van der Waals surface area contributed by atoms with Gasteiger partial charge >= 0.3 is 0 Å². The van der Waals surface area contributed by atoms with Gasteiger partial charge < -0.3 is 15.2 Å². The molecule has 2 aromatic carbocycles. The molecular weight excluding hydrogens is 246 g/mol. The lowest BCUT2D eigenvalue weighted by molar-refractivity contribution is 0.408. The molecule has 94 valence electrons. The minimum absolute atomic E-state index is 0.590. The molecular formula is C14H15NO2S. The van der Waals surface area contributed by atoms with E-state index in [0.717, 1.165) is 16.4 Å². The Kier molecular flexibility index (Phi) is 3.99. The third kappa shape index (κ3) is 2.71. The zero-order chi connectivity index (χ0) is 13.0. The van der Waals surface area contributed by atoms with Crippen molar-refractivity contribution in [2.75, 3.05) is 19.1 Å². The lowest BCUT2D eigenvalue weighted by Crippen LogP contribution is -1.94. The van der Waals surface area contributed by atoms with E-state index < -0.39 is 0 Å². The summed E-state index contributed by atoms with van der Waals surface area (Å²) in [6.45, 7) is 0. The number of nitrogen functional groups attached to an aromatic ring is 1. The summed E-state index contributed by atoms with van der Waals surface area (Å²) in [5.74, 6) is 2.13. The third-order valence-corrected chi connectivity index (χ3v) is 3.29. The summed E-state index contributed by atoms with van der Waals surface area (Å²) in [6, 6.07) is 13.2. The molecule has 0 heterocycles. The number of hydrogen-bond acceptors (Lipinski definition) is 4. The van der Waals surface area contributed by atoms with Gasteiger partial charge in [0.25, 0.3) is 0 Å². The summed E-state index contributed by atoms with van der Waals surface area (Å²) in [6.07, 6.45) is 2.01. The van der Waals surface area contributed by atoms with Crippen LogP contribution in [0, 0.1) is 0 Å². The van der Waals surface area contributed by atoms with Gasteiger partial charge in [0, 0.05) is 11.0 Å². The Balaban J connectivity index is 2.33.